The van der Waals surface area contributed by atoms with Gasteiger partial charge in [0.2, 0.25) is 0 Å². The number of anilines is 1. The standard InChI is InChI=1S/C16H11F2N5/c17-8-3-9-11(6-22-16(9)21-5-8)14-10(4-19)12(7-1-2-7)13(18)15(20)23-14/h3,5-7H,1-2H2,(H2,20,23)(H,21,22). The maximum absolute atomic E-state index is 14.3. The number of pyridine rings is 2. The summed E-state index contributed by atoms with van der Waals surface area (Å²) < 4.78 is 27.8. The zero-order valence-corrected chi connectivity index (χ0v) is 11.9. The number of H-pyrrole nitrogens is 1. The van der Waals surface area contributed by atoms with Crippen LogP contribution in [-0.2, 0) is 0 Å². The van der Waals surface area contributed by atoms with E-state index >= 15 is 0 Å². The van der Waals surface area contributed by atoms with Crippen LogP contribution in [0.25, 0.3) is 22.3 Å². The Bertz CT molecular complexity index is 982. The molecule has 5 nitrogen and oxygen atoms in total. The van der Waals surface area contributed by atoms with Crippen LogP contribution in [-0.4, -0.2) is 15.0 Å². The molecule has 3 aromatic rings. The average molecular weight is 311 g/mol. The Morgan fingerprint density at radius 3 is 2.83 bits per heavy atom. The van der Waals surface area contributed by atoms with Crippen LogP contribution < -0.4 is 5.73 Å². The summed E-state index contributed by atoms with van der Waals surface area (Å²) in [5.74, 6) is -1.39. The highest BCUT2D eigenvalue weighted by atomic mass is 19.1. The maximum Gasteiger partial charge on any atom is 0.170 e. The molecule has 3 N–H and O–H groups in total. The molecule has 3 heterocycles. The zero-order chi connectivity index (χ0) is 16.1. The van der Waals surface area contributed by atoms with Gasteiger partial charge in [0.25, 0.3) is 0 Å². The van der Waals surface area contributed by atoms with Crippen molar-refractivity contribution < 1.29 is 8.78 Å². The second kappa shape index (κ2) is 4.74. The summed E-state index contributed by atoms with van der Waals surface area (Å²) in [5, 5.41) is 9.99. The topological polar surface area (TPSA) is 91.4 Å². The third kappa shape index (κ3) is 2.03. The van der Waals surface area contributed by atoms with E-state index in [1.165, 1.54) is 6.07 Å². The zero-order valence-electron chi connectivity index (χ0n) is 11.9. The van der Waals surface area contributed by atoms with Crippen LogP contribution in [0.5, 0.6) is 0 Å². The quantitative estimate of drug-likeness (QED) is 0.760. The van der Waals surface area contributed by atoms with Gasteiger partial charge in [-0.2, -0.15) is 5.26 Å². The van der Waals surface area contributed by atoms with E-state index in [-0.39, 0.29) is 23.0 Å². The van der Waals surface area contributed by atoms with Gasteiger partial charge in [-0.1, -0.05) is 0 Å². The van der Waals surface area contributed by atoms with Crippen LogP contribution in [0.2, 0.25) is 0 Å². The Hall–Kier alpha value is -3.01. The summed E-state index contributed by atoms with van der Waals surface area (Å²) in [6.45, 7) is 0. The highest BCUT2D eigenvalue weighted by molar-refractivity contribution is 5.94. The lowest BCUT2D eigenvalue weighted by molar-refractivity contribution is 0.609. The molecule has 3 aromatic heterocycles. The molecule has 0 bridgehead atoms. The summed E-state index contributed by atoms with van der Waals surface area (Å²) in [4.78, 5) is 10.9. The summed E-state index contributed by atoms with van der Waals surface area (Å²) in [5.41, 5.74) is 7.37. The molecule has 0 unspecified atom stereocenters. The first kappa shape index (κ1) is 13.6. The fourth-order valence-electron chi connectivity index (χ4n) is 2.84. The molecule has 0 spiro atoms. The predicted octanol–water partition coefficient (Wildman–Crippen LogP) is 3.23. The number of nitrogens with one attached hydrogen (secondary N) is 1. The maximum atomic E-state index is 14.3. The average Bonchev–Trinajstić information content (AvgIpc) is 3.29. The molecule has 1 aliphatic carbocycles. The van der Waals surface area contributed by atoms with Crippen molar-refractivity contribution in [2.24, 2.45) is 0 Å². The van der Waals surface area contributed by atoms with Gasteiger partial charge >= 0.3 is 0 Å². The van der Waals surface area contributed by atoms with Crippen molar-refractivity contribution in [1.29, 1.82) is 5.26 Å². The van der Waals surface area contributed by atoms with Crippen LogP contribution >= 0.6 is 0 Å². The lowest BCUT2D eigenvalue weighted by Gasteiger charge is -2.11. The summed E-state index contributed by atoms with van der Waals surface area (Å²) in [6.07, 6.45) is 4.31. The number of aromatic amines is 1. The molecule has 1 saturated carbocycles. The number of halogens is 2. The molecular weight excluding hydrogens is 300 g/mol. The van der Waals surface area contributed by atoms with E-state index in [2.05, 4.69) is 15.0 Å². The van der Waals surface area contributed by atoms with Crippen molar-refractivity contribution in [3.8, 4) is 17.3 Å². The van der Waals surface area contributed by atoms with E-state index in [0.29, 0.717) is 22.2 Å². The van der Waals surface area contributed by atoms with Crippen molar-refractivity contribution in [2.75, 3.05) is 5.73 Å². The van der Waals surface area contributed by atoms with E-state index < -0.39 is 11.6 Å². The van der Waals surface area contributed by atoms with Crippen molar-refractivity contribution in [1.82, 2.24) is 15.0 Å². The molecule has 1 fully saturated rings. The largest absolute Gasteiger partial charge is 0.381 e. The Morgan fingerprint density at radius 2 is 2.13 bits per heavy atom. The van der Waals surface area contributed by atoms with Gasteiger partial charge in [0.1, 0.15) is 17.5 Å². The van der Waals surface area contributed by atoms with Crippen molar-refractivity contribution in [3.05, 3.63) is 41.2 Å². The summed E-state index contributed by atoms with van der Waals surface area (Å²) >= 11 is 0. The molecule has 0 radical (unpaired) electrons. The third-order valence-corrected chi connectivity index (χ3v) is 4.05. The highest BCUT2D eigenvalue weighted by Crippen LogP contribution is 2.46. The number of hydrogen-bond donors (Lipinski definition) is 2. The van der Waals surface area contributed by atoms with Gasteiger partial charge in [0.15, 0.2) is 11.6 Å². The molecular formula is C16H11F2N5. The Kier molecular flexibility index (Phi) is 2.81. The fraction of sp³-hybridized carbons (Fsp3) is 0.188. The molecule has 0 aliphatic heterocycles. The lowest BCUT2D eigenvalue weighted by atomic mass is 9.98. The van der Waals surface area contributed by atoms with Gasteiger partial charge in [-0.05, 0) is 24.8 Å². The number of nitrogens with zero attached hydrogens (tertiary/aromatic N) is 3. The minimum Gasteiger partial charge on any atom is -0.381 e. The molecule has 114 valence electrons. The minimum absolute atomic E-state index is 0.00577. The number of nitrogens with two attached hydrogens (primary N) is 1. The van der Waals surface area contributed by atoms with E-state index in [9.17, 15) is 14.0 Å². The molecule has 7 heteroatoms. The molecule has 1 aliphatic rings. The van der Waals surface area contributed by atoms with Gasteiger partial charge in [0, 0.05) is 22.7 Å². The number of hydrogen-bond acceptors (Lipinski definition) is 4. The fourth-order valence-corrected chi connectivity index (χ4v) is 2.84. The minimum atomic E-state index is -0.628. The second-order valence-corrected chi connectivity index (χ2v) is 5.59. The molecule has 0 aromatic carbocycles. The van der Waals surface area contributed by atoms with Gasteiger partial charge < -0.3 is 10.7 Å². The van der Waals surface area contributed by atoms with Gasteiger partial charge in [-0.15, -0.1) is 0 Å². The molecule has 0 saturated heterocycles. The first-order valence-corrected chi connectivity index (χ1v) is 7.12. The summed E-state index contributed by atoms with van der Waals surface area (Å²) in [7, 11) is 0. The first-order chi connectivity index (χ1) is 11.1. The van der Waals surface area contributed by atoms with E-state index in [1.807, 2.05) is 6.07 Å². The van der Waals surface area contributed by atoms with Crippen LogP contribution in [0.3, 0.4) is 0 Å². The van der Waals surface area contributed by atoms with E-state index in [0.717, 1.165) is 19.0 Å². The van der Waals surface area contributed by atoms with Crippen LogP contribution in [0.4, 0.5) is 14.6 Å². The normalized spacial score (nSPS) is 14.1. The second-order valence-electron chi connectivity index (χ2n) is 5.59. The molecule has 0 amide bonds. The number of nitriles is 1. The highest BCUT2D eigenvalue weighted by Gasteiger charge is 2.33. The Balaban J connectivity index is 2.05. The molecule has 4 rings (SSSR count). The Labute approximate surface area is 129 Å². The monoisotopic (exact) mass is 311 g/mol. The van der Waals surface area contributed by atoms with Crippen LogP contribution in [0.15, 0.2) is 18.5 Å². The third-order valence-electron chi connectivity index (χ3n) is 4.05. The number of nitrogen functional groups attached to an aromatic ring is 1. The number of aromatic nitrogens is 3. The van der Waals surface area contributed by atoms with E-state index in [1.54, 1.807) is 6.20 Å². The van der Waals surface area contributed by atoms with Crippen LogP contribution in [0, 0.1) is 23.0 Å². The van der Waals surface area contributed by atoms with Gasteiger partial charge in [0.05, 0.1) is 17.5 Å². The smallest absolute Gasteiger partial charge is 0.170 e. The van der Waals surface area contributed by atoms with Gasteiger partial charge in [-0.3, -0.25) is 0 Å². The van der Waals surface area contributed by atoms with Crippen molar-refractivity contribution in [2.45, 2.75) is 18.8 Å². The predicted molar refractivity (Wildman–Crippen MR) is 80.3 cm³/mol. The van der Waals surface area contributed by atoms with Crippen molar-refractivity contribution in [3.63, 3.8) is 0 Å². The Morgan fingerprint density at radius 1 is 1.35 bits per heavy atom. The summed E-state index contributed by atoms with van der Waals surface area (Å²) in [6, 6.07) is 3.33. The van der Waals surface area contributed by atoms with Crippen molar-refractivity contribution >= 4 is 16.9 Å². The number of rotatable bonds is 2. The first-order valence-electron chi connectivity index (χ1n) is 7.12. The number of fused-ring (bicyclic) bond motifs is 1. The van der Waals surface area contributed by atoms with E-state index in [4.69, 9.17) is 5.73 Å². The molecule has 23 heavy (non-hydrogen) atoms. The van der Waals surface area contributed by atoms with Gasteiger partial charge in [-0.25, -0.2) is 18.7 Å². The van der Waals surface area contributed by atoms with Crippen LogP contribution in [0.1, 0.15) is 29.9 Å². The lowest BCUT2D eigenvalue weighted by Crippen LogP contribution is -2.05. The SMILES string of the molecule is N#Cc1c(-c2c[nH]c3ncc(F)cc23)nc(N)c(F)c1C1CC1. The molecule has 0 atom stereocenters.